The third-order valence-electron chi connectivity index (χ3n) is 2.95. The highest BCUT2D eigenvalue weighted by atomic mass is 35.5. The van der Waals surface area contributed by atoms with Crippen molar-refractivity contribution in [2.24, 2.45) is 0 Å². The first kappa shape index (κ1) is 12.9. The van der Waals surface area contributed by atoms with Gasteiger partial charge in [0.25, 0.3) is 5.91 Å². The summed E-state index contributed by atoms with van der Waals surface area (Å²) in [6.45, 7) is 1.81. The molecule has 1 aromatic carbocycles. The Labute approximate surface area is 111 Å². The van der Waals surface area contributed by atoms with Crippen LogP contribution in [-0.4, -0.2) is 23.2 Å². The second kappa shape index (κ2) is 5.01. The van der Waals surface area contributed by atoms with Crippen LogP contribution >= 0.6 is 11.6 Å². The molecule has 2 rings (SSSR count). The number of amides is 1. The monoisotopic (exact) mass is 263 g/mol. The molecule has 1 saturated carbocycles. The Hall–Kier alpha value is -1.50. The minimum Gasteiger partial charge on any atom is -0.384 e. The zero-order valence-corrected chi connectivity index (χ0v) is 10.8. The summed E-state index contributed by atoms with van der Waals surface area (Å²) in [7, 11) is 0. The molecular weight excluding hydrogens is 250 g/mol. The molecular formula is C14H14ClNO2. The number of halogens is 1. The second-order valence-electron chi connectivity index (χ2n) is 4.67. The van der Waals surface area contributed by atoms with Gasteiger partial charge in [0.15, 0.2) is 0 Å². The van der Waals surface area contributed by atoms with Crippen molar-refractivity contribution in [3.63, 3.8) is 0 Å². The molecule has 18 heavy (non-hydrogen) atoms. The maximum Gasteiger partial charge on any atom is 0.251 e. The molecule has 0 spiro atoms. The molecule has 1 aliphatic rings. The van der Waals surface area contributed by atoms with Crippen molar-refractivity contribution in [2.75, 3.05) is 6.61 Å². The SMILES string of the molecule is CC1(NC(=O)c2ccc(C#CCO)c(Cl)c2)CC1. The summed E-state index contributed by atoms with van der Waals surface area (Å²) in [5.74, 6) is 5.14. The van der Waals surface area contributed by atoms with Crippen molar-refractivity contribution in [1.82, 2.24) is 5.32 Å². The van der Waals surface area contributed by atoms with Crippen LogP contribution in [0.5, 0.6) is 0 Å². The average molecular weight is 264 g/mol. The van der Waals surface area contributed by atoms with Gasteiger partial charge in [0, 0.05) is 16.7 Å². The molecule has 4 heteroatoms. The Balaban J connectivity index is 2.15. The van der Waals surface area contributed by atoms with Crippen molar-refractivity contribution in [3.8, 4) is 11.8 Å². The van der Waals surface area contributed by atoms with Crippen LogP contribution in [0.2, 0.25) is 5.02 Å². The van der Waals surface area contributed by atoms with E-state index >= 15 is 0 Å². The molecule has 94 valence electrons. The number of carbonyl (C=O) groups excluding carboxylic acids is 1. The smallest absolute Gasteiger partial charge is 0.251 e. The Morgan fingerprint density at radius 2 is 2.28 bits per heavy atom. The molecule has 1 aromatic rings. The van der Waals surface area contributed by atoms with Crippen molar-refractivity contribution >= 4 is 17.5 Å². The summed E-state index contributed by atoms with van der Waals surface area (Å²) in [6, 6.07) is 4.98. The molecule has 0 unspecified atom stereocenters. The van der Waals surface area contributed by atoms with Crippen molar-refractivity contribution in [2.45, 2.75) is 25.3 Å². The average Bonchev–Trinajstić information content (AvgIpc) is 3.05. The van der Waals surface area contributed by atoms with Crippen LogP contribution in [0, 0.1) is 11.8 Å². The molecule has 1 fully saturated rings. The molecule has 1 amide bonds. The minimum atomic E-state index is -0.211. The summed E-state index contributed by atoms with van der Waals surface area (Å²) in [4.78, 5) is 11.9. The van der Waals surface area contributed by atoms with E-state index in [4.69, 9.17) is 16.7 Å². The summed E-state index contributed by atoms with van der Waals surface area (Å²) in [6.07, 6.45) is 2.04. The number of rotatable bonds is 2. The van der Waals surface area contributed by atoms with Crippen LogP contribution in [0.1, 0.15) is 35.7 Å². The Morgan fingerprint density at radius 1 is 1.56 bits per heavy atom. The summed E-state index contributed by atoms with van der Waals surface area (Å²) < 4.78 is 0. The van der Waals surface area contributed by atoms with Crippen molar-refractivity contribution in [1.29, 1.82) is 0 Å². The standard InChI is InChI=1S/C14H14ClNO2/c1-14(6-7-14)16-13(18)11-5-4-10(3-2-8-17)12(15)9-11/h4-5,9,17H,6-8H2,1H3,(H,16,18). The topological polar surface area (TPSA) is 49.3 Å². The van der Waals surface area contributed by atoms with E-state index < -0.39 is 0 Å². The fourth-order valence-corrected chi connectivity index (χ4v) is 1.78. The normalized spacial score (nSPS) is 15.5. The quantitative estimate of drug-likeness (QED) is 0.802. The molecule has 0 heterocycles. The Bertz CT molecular complexity index is 538. The third-order valence-corrected chi connectivity index (χ3v) is 3.26. The van der Waals surface area contributed by atoms with E-state index in [9.17, 15) is 4.79 Å². The maximum atomic E-state index is 11.9. The highest BCUT2D eigenvalue weighted by molar-refractivity contribution is 6.32. The number of hydrogen-bond donors (Lipinski definition) is 2. The van der Waals surface area contributed by atoms with Crippen LogP contribution in [0.15, 0.2) is 18.2 Å². The zero-order valence-electron chi connectivity index (χ0n) is 10.1. The van der Waals surface area contributed by atoms with Crippen molar-refractivity contribution < 1.29 is 9.90 Å². The predicted octanol–water partition coefficient (Wildman–Crippen LogP) is 1.97. The van der Waals surface area contributed by atoms with Crippen LogP contribution in [0.25, 0.3) is 0 Å². The number of aliphatic hydroxyl groups is 1. The van der Waals surface area contributed by atoms with E-state index in [0.717, 1.165) is 12.8 Å². The fraction of sp³-hybridized carbons (Fsp3) is 0.357. The lowest BCUT2D eigenvalue weighted by Crippen LogP contribution is -2.34. The van der Waals surface area contributed by atoms with E-state index in [1.165, 1.54) is 0 Å². The number of aliphatic hydroxyl groups excluding tert-OH is 1. The van der Waals surface area contributed by atoms with Gasteiger partial charge in [0.05, 0.1) is 5.02 Å². The predicted molar refractivity (Wildman–Crippen MR) is 70.5 cm³/mol. The number of carbonyl (C=O) groups is 1. The fourth-order valence-electron chi connectivity index (χ4n) is 1.55. The van der Waals surface area contributed by atoms with Crippen LogP contribution in [0.3, 0.4) is 0 Å². The molecule has 0 atom stereocenters. The molecule has 0 aliphatic heterocycles. The van der Waals surface area contributed by atoms with Crippen LogP contribution < -0.4 is 5.32 Å². The van der Waals surface area contributed by atoms with Gasteiger partial charge in [-0.05, 0) is 38.0 Å². The summed E-state index contributed by atoms with van der Waals surface area (Å²) in [5, 5.41) is 12.0. The molecule has 0 bridgehead atoms. The third kappa shape index (κ3) is 3.04. The molecule has 1 aliphatic carbocycles. The number of hydrogen-bond acceptors (Lipinski definition) is 2. The Morgan fingerprint density at radius 3 is 2.83 bits per heavy atom. The van der Waals surface area contributed by atoms with Crippen LogP contribution in [0.4, 0.5) is 0 Å². The summed E-state index contributed by atoms with van der Waals surface area (Å²) >= 11 is 6.03. The number of benzene rings is 1. The van der Waals surface area contributed by atoms with Gasteiger partial charge < -0.3 is 10.4 Å². The van der Waals surface area contributed by atoms with Gasteiger partial charge in [-0.25, -0.2) is 0 Å². The molecule has 3 nitrogen and oxygen atoms in total. The van der Waals surface area contributed by atoms with Gasteiger partial charge in [0.2, 0.25) is 0 Å². The van der Waals surface area contributed by atoms with Crippen LogP contribution in [-0.2, 0) is 0 Å². The lowest BCUT2D eigenvalue weighted by Gasteiger charge is -2.11. The Kier molecular flexibility index (Phi) is 3.60. The molecule has 0 saturated heterocycles. The van der Waals surface area contributed by atoms with Gasteiger partial charge in [0.1, 0.15) is 6.61 Å². The maximum absolute atomic E-state index is 11.9. The molecule has 0 aromatic heterocycles. The first-order valence-electron chi connectivity index (χ1n) is 5.76. The molecule has 0 radical (unpaired) electrons. The highest BCUT2D eigenvalue weighted by Gasteiger charge is 2.38. The largest absolute Gasteiger partial charge is 0.384 e. The van der Waals surface area contributed by atoms with Gasteiger partial charge in [-0.15, -0.1) is 0 Å². The minimum absolute atomic E-state index is 0.0427. The van der Waals surface area contributed by atoms with Gasteiger partial charge >= 0.3 is 0 Å². The zero-order chi connectivity index (χ0) is 13.2. The molecule has 2 N–H and O–H groups in total. The first-order chi connectivity index (χ1) is 8.54. The first-order valence-corrected chi connectivity index (χ1v) is 6.14. The lowest BCUT2D eigenvalue weighted by molar-refractivity contribution is 0.0935. The number of nitrogens with one attached hydrogen (secondary N) is 1. The van der Waals surface area contributed by atoms with Gasteiger partial charge in [-0.3, -0.25) is 4.79 Å². The van der Waals surface area contributed by atoms with E-state index in [0.29, 0.717) is 16.1 Å². The van der Waals surface area contributed by atoms with Gasteiger partial charge in [-0.1, -0.05) is 23.4 Å². The van der Waals surface area contributed by atoms with E-state index in [2.05, 4.69) is 17.2 Å². The lowest BCUT2D eigenvalue weighted by atomic mass is 10.1. The van der Waals surface area contributed by atoms with Gasteiger partial charge in [-0.2, -0.15) is 0 Å². The van der Waals surface area contributed by atoms with Crippen molar-refractivity contribution in [3.05, 3.63) is 34.3 Å². The summed E-state index contributed by atoms with van der Waals surface area (Å²) in [5.41, 5.74) is 1.10. The van der Waals surface area contributed by atoms with E-state index in [-0.39, 0.29) is 18.1 Å². The highest BCUT2D eigenvalue weighted by Crippen LogP contribution is 2.34. The van der Waals surface area contributed by atoms with E-state index in [1.807, 2.05) is 6.92 Å². The second-order valence-corrected chi connectivity index (χ2v) is 5.08. The van der Waals surface area contributed by atoms with E-state index in [1.54, 1.807) is 18.2 Å².